The topological polar surface area (TPSA) is 78.4 Å². The van der Waals surface area contributed by atoms with Gasteiger partial charge >= 0.3 is 0 Å². The van der Waals surface area contributed by atoms with Crippen molar-refractivity contribution in [3.63, 3.8) is 0 Å². The van der Waals surface area contributed by atoms with Crippen LogP contribution in [0.4, 0.5) is 0 Å². The highest BCUT2D eigenvalue weighted by Gasteiger charge is 2.19. The highest BCUT2D eigenvalue weighted by atomic mass is 16.5. The fraction of sp³-hybridized carbons (Fsp3) is 0.263. The number of rotatable bonds is 8. The molecule has 2 rings (SSSR count). The number of hydrogen-bond acceptors (Lipinski definition) is 6. The Bertz CT molecular complexity index is 762. The lowest BCUT2D eigenvalue weighted by molar-refractivity contribution is -0.131. The SMILES string of the molecule is COc1ccc(/C=N\NC(=O)[C@H](OC)c2ccccc2)c(OC)c1OC. The molecule has 0 aliphatic heterocycles. The van der Waals surface area contributed by atoms with Gasteiger partial charge in [-0.2, -0.15) is 5.10 Å². The maximum atomic E-state index is 12.3. The van der Waals surface area contributed by atoms with Gasteiger partial charge in [0, 0.05) is 12.7 Å². The van der Waals surface area contributed by atoms with Gasteiger partial charge in [-0.25, -0.2) is 5.43 Å². The van der Waals surface area contributed by atoms with Gasteiger partial charge in [-0.15, -0.1) is 0 Å². The molecule has 0 heterocycles. The molecule has 0 bridgehead atoms. The minimum absolute atomic E-state index is 0.380. The zero-order valence-corrected chi connectivity index (χ0v) is 15.2. The zero-order chi connectivity index (χ0) is 18.9. The molecule has 0 saturated heterocycles. The van der Waals surface area contributed by atoms with Crippen LogP contribution < -0.4 is 19.6 Å². The number of benzene rings is 2. The first kappa shape index (κ1) is 19.3. The van der Waals surface area contributed by atoms with Gasteiger partial charge in [0.15, 0.2) is 17.6 Å². The molecule has 1 atom stereocenters. The van der Waals surface area contributed by atoms with Crippen molar-refractivity contribution in [3.05, 3.63) is 53.6 Å². The van der Waals surface area contributed by atoms with Crippen LogP contribution in [0.3, 0.4) is 0 Å². The molecule has 1 N–H and O–H groups in total. The van der Waals surface area contributed by atoms with Crippen molar-refractivity contribution < 1.29 is 23.7 Å². The quantitative estimate of drug-likeness (QED) is 0.580. The molecule has 2 aromatic rings. The second-order valence-corrected chi connectivity index (χ2v) is 5.18. The fourth-order valence-electron chi connectivity index (χ4n) is 2.47. The Kier molecular flexibility index (Phi) is 6.99. The number of carbonyl (C=O) groups excluding carboxylic acids is 1. The summed E-state index contributed by atoms with van der Waals surface area (Å²) in [5.41, 5.74) is 3.84. The van der Waals surface area contributed by atoms with E-state index in [4.69, 9.17) is 18.9 Å². The van der Waals surface area contributed by atoms with E-state index in [1.807, 2.05) is 30.3 Å². The highest BCUT2D eigenvalue weighted by molar-refractivity contribution is 5.88. The van der Waals surface area contributed by atoms with E-state index in [1.165, 1.54) is 27.5 Å². The molecule has 7 nitrogen and oxygen atoms in total. The molecule has 1 amide bonds. The predicted molar refractivity (Wildman–Crippen MR) is 98.0 cm³/mol. The smallest absolute Gasteiger partial charge is 0.273 e. The average molecular weight is 358 g/mol. The molecular formula is C19H22N2O5. The maximum Gasteiger partial charge on any atom is 0.273 e. The summed E-state index contributed by atoms with van der Waals surface area (Å²) in [6.45, 7) is 0. The van der Waals surface area contributed by atoms with Gasteiger partial charge in [-0.3, -0.25) is 4.79 Å². The van der Waals surface area contributed by atoms with Crippen LogP contribution in [0.5, 0.6) is 17.2 Å². The third-order valence-corrected chi connectivity index (χ3v) is 3.69. The Balaban J connectivity index is 2.16. The summed E-state index contributed by atoms with van der Waals surface area (Å²) in [4.78, 5) is 12.3. The van der Waals surface area contributed by atoms with Gasteiger partial charge in [0.25, 0.3) is 5.91 Å². The van der Waals surface area contributed by atoms with Crippen LogP contribution in [0, 0.1) is 0 Å². The lowest BCUT2D eigenvalue weighted by Crippen LogP contribution is -2.26. The van der Waals surface area contributed by atoms with Gasteiger partial charge in [-0.1, -0.05) is 30.3 Å². The summed E-state index contributed by atoms with van der Waals surface area (Å²) in [5.74, 6) is 1.06. The Hall–Kier alpha value is -3.06. The minimum Gasteiger partial charge on any atom is -0.493 e. The minimum atomic E-state index is -0.749. The van der Waals surface area contributed by atoms with Crippen molar-refractivity contribution in [2.45, 2.75) is 6.10 Å². The first-order valence-electron chi connectivity index (χ1n) is 7.85. The summed E-state index contributed by atoms with van der Waals surface area (Å²) in [6.07, 6.45) is 0.719. The maximum absolute atomic E-state index is 12.3. The first-order valence-corrected chi connectivity index (χ1v) is 7.85. The number of nitrogens with zero attached hydrogens (tertiary/aromatic N) is 1. The molecule has 2 aromatic carbocycles. The standard InChI is InChI=1S/C19H22N2O5/c1-23-15-11-10-14(16(24-2)18(15)26-4)12-20-21-19(22)17(25-3)13-8-6-5-7-9-13/h5-12,17H,1-4H3,(H,21,22)/b20-12-/t17-/m1/s1. The van der Waals surface area contributed by atoms with Gasteiger partial charge in [0.2, 0.25) is 5.75 Å². The van der Waals surface area contributed by atoms with Crippen LogP contribution >= 0.6 is 0 Å². The van der Waals surface area contributed by atoms with E-state index < -0.39 is 6.10 Å². The molecule has 0 aliphatic carbocycles. The zero-order valence-electron chi connectivity index (χ0n) is 15.2. The van der Waals surface area contributed by atoms with Gasteiger partial charge in [0.05, 0.1) is 27.5 Å². The van der Waals surface area contributed by atoms with Crippen molar-refractivity contribution in [1.29, 1.82) is 0 Å². The lowest BCUT2D eigenvalue weighted by Gasteiger charge is -2.14. The molecule has 0 unspecified atom stereocenters. The monoisotopic (exact) mass is 358 g/mol. The summed E-state index contributed by atoms with van der Waals surface area (Å²) in [5, 5.41) is 3.99. The van der Waals surface area contributed by atoms with E-state index in [0.717, 1.165) is 5.56 Å². The van der Waals surface area contributed by atoms with Crippen LogP contribution in [0.15, 0.2) is 47.6 Å². The van der Waals surface area contributed by atoms with Gasteiger partial charge in [0.1, 0.15) is 0 Å². The van der Waals surface area contributed by atoms with Crippen molar-refractivity contribution in [2.24, 2.45) is 5.10 Å². The average Bonchev–Trinajstić information content (AvgIpc) is 2.68. The number of amides is 1. The summed E-state index contributed by atoms with van der Waals surface area (Å²) in [6, 6.07) is 12.7. The Morgan fingerprint density at radius 2 is 1.65 bits per heavy atom. The van der Waals surface area contributed by atoms with Crippen molar-refractivity contribution in [1.82, 2.24) is 5.43 Å². The van der Waals surface area contributed by atoms with Crippen LogP contribution in [0.1, 0.15) is 17.2 Å². The number of methoxy groups -OCH3 is 4. The van der Waals surface area contributed by atoms with E-state index in [-0.39, 0.29) is 5.91 Å². The normalized spacial score (nSPS) is 11.8. The Morgan fingerprint density at radius 1 is 0.962 bits per heavy atom. The Labute approximate surface area is 152 Å². The van der Waals surface area contributed by atoms with Crippen molar-refractivity contribution >= 4 is 12.1 Å². The largest absolute Gasteiger partial charge is 0.493 e. The molecule has 26 heavy (non-hydrogen) atoms. The molecule has 0 spiro atoms. The number of carbonyl (C=O) groups is 1. The third kappa shape index (κ3) is 4.31. The summed E-state index contributed by atoms with van der Waals surface area (Å²) < 4.78 is 21.2. The van der Waals surface area contributed by atoms with Crippen LogP contribution in [-0.4, -0.2) is 40.6 Å². The first-order chi connectivity index (χ1) is 12.7. The second kappa shape index (κ2) is 9.43. The molecule has 0 fully saturated rings. The molecule has 7 heteroatoms. The molecular weight excluding hydrogens is 336 g/mol. The van der Waals surface area contributed by atoms with Crippen LogP contribution in [0.2, 0.25) is 0 Å². The van der Waals surface area contributed by atoms with Crippen molar-refractivity contribution in [3.8, 4) is 17.2 Å². The number of hydrazone groups is 1. The second-order valence-electron chi connectivity index (χ2n) is 5.18. The molecule has 0 aliphatic rings. The number of hydrogen-bond donors (Lipinski definition) is 1. The van der Waals surface area contributed by atoms with E-state index in [1.54, 1.807) is 19.2 Å². The van der Waals surface area contributed by atoms with E-state index >= 15 is 0 Å². The molecule has 138 valence electrons. The van der Waals surface area contributed by atoms with E-state index in [2.05, 4.69) is 10.5 Å². The van der Waals surface area contributed by atoms with Gasteiger partial charge in [-0.05, 0) is 17.7 Å². The van der Waals surface area contributed by atoms with E-state index in [9.17, 15) is 4.79 Å². The number of nitrogens with one attached hydrogen (secondary N) is 1. The predicted octanol–water partition coefficient (Wildman–Crippen LogP) is 2.55. The Morgan fingerprint density at radius 3 is 2.23 bits per heavy atom. The van der Waals surface area contributed by atoms with Crippen LogP contribution in [0.25, 0.3) is 0 Å². The lowest BCUT2D eigenvalue weighted by atomic mass is 10.1. The van der Waals surface area contributed by atoms with Gasteiger partial charge < -0.3 is 18.9 Å². The highest BCUT2D eigenvalue weighted by Crippen LogP contribution is 2.38. The fourth-order valence-corrected chi connectivity index (χ4v) is 2.47. The van der Waals surface area contributed by atoms with E-state index in [0.29, 0.717) is 22.8 Å². The summed E-state index contributed by atoms with van der Waals surface area (Å²) in [7, 11) is 6.05. The molecule has 0 aromatic heterocycles. The van der Waals surface area contributed by atoms with Crippen molar-refractivity contribution in [2.75, 3.05) is 28.4 Å². The summed E-state index contributed by atoms with van der Waals surface area (Å²) >= 11 is 0. The third-order valence-electron chi connectivity index (χ3n) is 3.69. The van der Waals surface area contributed by atoms with Crippen LogP contribution in [-0.2, 0) is 9.53 Å². The number of ether oxygens (including phenoxy) is 4. The molecule has 0 radical (unpaired) electrons. The molecule has 0 saturated carbocycles.